The lowest BCUT2D eigenvalue weighted by molar-refractivity contribution is 0.0838. The molecule has 1 unspecified atom stereocenters. The van der Waals surface area contributed by atoms with Crippen molar-refractivity contribution in [1.29, 1.82) is 0 Å². The monoisotopic (exact) mass is 277 g/mol. The van der Waals surface area contributed by atoms with E-state index in [0.29, 0.717) is 11.0 Å². The van der Waals surface area contributed by atoms with E-state index in [1.807, 2.05) is 6.92 Å². The quantitative estimate of drug-likeness (QED) is 0.781. The molecule has 0 amide bonds. The summed E-state index contributed by atoms with van der Waals surface area (Å²) in [4.78, 5) is 14.7. The predicted octanol–water partition coefficient (Wildman–Crippen LogP) is 3.91. The second kappa shape index (κ2) is 6.04. The third kappa shape index (κ3) is 3.66. The Labute approximate surface area is 121 Å². The second-order valence-corrected chi connectivity index (χ2v) is 6.60. The summed E-state index contributed by atoms with van der Waals surface area (Å²) in [5.41, 5.74) is 0.968. The van der Waals surface area contributed by atoms with Crippen molar-refractivity contribution in [2.24, 2.45) is 5.41 Å². The third-order valence-corrected chi connectivity index (χ3v) is 4.43. The summed E-state index contributed by atoms with van der Waals surface area (Å²) < 4.78 is 12.9. The Hall–Kier alpha value is -1.22. The molecule has 0 N–H and O–H groups in total. The topological polar surface area (TPSA) is 20.3 Å². The van der Waals surface area contributed by atoms with Crippen LogP contribution in [-0.4, -0.2) is 29.8 Å². The van der Waals surface area contributed by atoms with Crippen LogP contribution in [0.5, 0.6) is 0 Å². The maximum absolute atomic E-state index is 12.9. The number of carbonyl (C=O) groups excluding carboxylic acids is 1. The number of nitrogens with zero attached hydrogens (tertiary/aromatic N) is 1. The molecule has 0 saturated carbocycles. The van der Waals surface area contributed by atoms with Gasteiger partial charge >= 0.3 is 0 Å². The summed E-state index contributed by atoms with van der Waals surface area (Å²) in [5.74, 6) is -0.213. The number of halogens is 1. The van der Waals surface area contributed by atoms with Crippen molar-refractivity contribution < 1.29 is 9.18 Å². The Morgan fingerprint density at radius 1 is 1.20 bits per heavy atom. The van der Waals surface area contributed by atoms with Gasteiger partial charge in [-0.05, 0) is 69.0 Å². The first-order valence-electron chi connectivity index (χ1n) is 7.43. The number of hydrogen-bond donors (Lipinski definition) is 0. The Morgan fingerprint density at radius 2 is 1.85 bits per heavy atom. The first-order chi connectivity index (χ1) is 9.39. The minimum absolute atomic E-state index is 0.0877. The van der Waals surface area contributed by atoms with Gasteiger partial charge in [0.2, 0.25) is 0 Å². The van der Waals surface area contributed by atoms with Gasteiger partial charge in [0, 0.05) is 5.56 Å². The van der Waals surface area contributed by atoms with E-state index in [9.17, 15) is 9.18 Å². The van der Waals surface area contributed by atoms with Gasteiger partial charge in [-0.2, -0.15) is 0 Å². The molecule has 1 saturated heterocycles. The minimum atomic E-state index is -0.300. The predicted molar refractivity (Wildman–Crippen MR) is 79.4 cm³/mol. The number of Topliss-reactive ketones (excluding diaryl/α,β-unsaturated/α-hetero) is 1. The molecule has 1 atom stereocenters. The zero-order valence-corrected chi connectivity index (χ0v) is 12.7. The fourth-order valence-electron chi connectivity index (χ4n) is 2.85. The van der Waals surface area contributed by atoms with E-state index in [-0.39, 0.29) is 17.6 Å². The molecule has 0 radical (unpaired) electrons. The van der Waals surface area contributed by atoms with Crippen molar-refractivity contribution in [2.75, 3.05) is 13.1 Å². The molecule has 2 rings (SSSR count). The molecule has 1 aromatic rings. The van der Waals surface area contributed by atoms with Crippen molar-refractivity contribution >= 4 is 5.78 Å². The molecule has 1 aromatic carbocycles. The largest absolute Gasteiger partial charge is 0.293 e. The van der Waals surface area contributed by atoms with Gasteiger partial charge in [0.1, 0.15) is 5.82 Å². The van der Waals surface area contributed by atoms with Gasteiger partial charge in [0.25, 0.3) is 0 Å². The molecule has 0 aromatic heterocycles. The van der Waals surface area contributed by atoms with Crippen LogP contribution in [0.3, 0.4) is 0 Å². The van der Waals surface area contributed by atoms with E-state index in [1.165, 1.54) is 18.6 Å². The minimum Gasteiger partial charge on any atom is -0.293 e. The maximum atomic E-state index is 12.9. The van der Waals surface area contributed by atoms with E-state index >= 15 is 0 Å². The van der Waals surface area contributed by atoms with E-state index in [2.05, 4.69) is 18.7 Å². The standard InChI is InChI=1S/C17H24FNO/c1-13(16(20)14-5-7-15(18)8-6-14)19-11-4-9-17(2,3)10-12-19/h5-8,13H,4,9-12H2,1-3H3. The highest BCUT2D eigenvalue weighted by molar-refractivity contribution is 5.99. The SMILES string of the molecule is CC(C(=O)c1ccc(F)cc1)N1CCCC(C)(C)CC1. The molecule has 1 heterocycles. The van der Waals surface area contributed by atoms with Crippen LogP contribution in [-0.2, 0) is 0 Å². The summed E-state index contributed by atoms with van der Waals surface area (Å²) in [6.07, 6.45) is 3.46. The van der Waals surface area contributed by atoms with E-state index in [1.54, 1.807) is 12.1 Å². The zero-order chi connectivity index (χ0) is 14.8. The van der Waals surface area contributed by atoms with Crippen LogP contribution in [0.4, 0.5) is 4.39 Å². The van der Waals surface area contributed by atoms with Crippen molar-refractivity contribution in [3.05, 3.63) is 35.6 Å². The first kappa shape index (κ1) is 15.2. The van der Waals surface area contributed by atoms with Crippen LogP contribution in [0.15, 0.2) is 24.3 Å². The van der Waals surface area contributed by atoms with Crippen LogP contribution in [0, 0.1) is 11.2 Å². The van der Waals surface area contributed by atoms with Gasteiger partial charge in [-0.3, -0.25) is 9.69 Å². The zero-order valence-electron chi connectivity index (χ0n) is 12.7. The van der Waals surface area contributed by atoms with Gasteiger partial charge in [0.05, 0.1) is 6.04 Å². The van der Waals surface area contributed by atoms with Crippen molar-refractivity contribution in [3.8, 4) is 0 Å². The molecular weight excluding hydrogens is 253 g/mol. The van der Waals surface area contributed by atoms with Gasteiger partial charge in [-0.25, -0.2) is 4.39 Å². The van der Waals surface area contributed by atoms with Crippen LogP contribution in [0.2, 0.25) is 0 Å². The van der Waals surface area contributed by atoms with Crippen molar-refractivity contribution in [2.45, 2.75) is 46.1 Å². The third-order valence-electron chi connectivity index (χ3n) is 4.43. The average molecular weight is 277 g/mol. The Morgan fingerprint density at radius 3 is 2.50 bits per heavy atom. The highest BCUT2D eigenvalue weighted by Gasteiger charge is 2.28. The number of likely N-dealkylation sites (tertiary alicyclic amines) is 1. The number of benzene rings is 1. The summed E-state index contributed by atoms with van der Waals surface area (Å²) in [6, 6.07) is 5.73. The molecule has 20 heavy (non-hydrogen) atoms. The molecule has 1 aliphatic heterocycles. The van der Waals surface area contributed by atoms with E-state index in [0.717, 1.165) is 25.9 Å². The molecule has 0 aliphatic carbocycles. The fraction of sp³-hybridized carbons (Fsp3) is 0.588. The molecule has 110 valence electrons. The summed E-state index contributed by atoms with van der Waals surface area (Å²) in [5, 5.41) is 0. The summed E-state index contributed by atoms with van der Waals surface area (Å²) in [6.45, 7) is 8.48. The molecule has 0 spiro atoms. The smallest absolute Gasteiger partial charge is 0.179 e. The van der Waals surface area contributed by atoms with Crippen LogP contribution >= 0.6 is 0 Å². The number of hydrogen-bond acceptors (Lipinski definition) is 2. The van der Waals surface area contributed by atoms with Gasteiger partial charge < -0.3 is 0 Å². The number of ketones is 1. The highest BCUT2D eigenvalue weighted by atomic mass is 19.1. The summed E-state index contributed by atoms with van der Waals surface area (Å²) >= 11 is 0. The van der Waals surface area contributed by atoms with Crippen LogP contribution in [0.1, 0.15) is 50.4 Å². The van der Waals surface area contributed by atoms with Crippen LogP contribution in [0.25, 0.3) is 0 Å². The van der Waals surface area contributed by atoms with E-state index < -0.39 is 0 Å². The lowest BCUT2D eigenvalue weighted by Gasteiger charge is -2.27. The Kier molecular flexibility index (Phi) is 4.59. The Bertz CT molecular complexity index is 466. The maximum Gasteiger partial charge on any atom is 0.179 e. The second-order valence-electron chi connectivity index (χ2n) is 6.60. The van der Waals surface area contributed by atoms with E-state index in [4.69, 9.17) is 0 Å². The van der Waals surface area contributed by atoms with Crippen LogP contribution < -0.4 is 0 Å². The highest BCUT2D eigenvalue weighted by Crippen LogP contribution is 2.30. The first-order valence-corrected chi connectivity index (χ1v) is 7.43. The average Bonchev–Trinajstić information content (AvgIpc) is 2.59. The number of rotatable bonds is 3. The lowest BCUT2D eigenvalue weighted by atomic mass is 9.85. The number of carbonyl (C=O) groups is 1. The van der Waals surface area contributed by atoms with Gasteiger partial charge in [0.15, 0.2) is 5.78 Å². The molecule has 2 nitrogen and oxygen atoms in total. The molecule has 1 fully saturated rings. The Balaban J connectivity index is 2.05. The lowest BCUT2D eigenvalue weighted by Crippen LogP contribution is -2.40. The molecular formula is C17H24FNO. The van der Waals surface area contributed by atoms with Crippen molar-refractivity contribution in [1.82, 2.24) is 4.90 Å². The normalized spacial score (nSPS) is 21.2. The summed E-state index contributed by atoms with van der Waals surface area (Å²) in [7, 11) is 0. The molecule has 0 bridgehead atoms. The fourth-order valence-corrected chi connectivity index (χ4v) is 2.85. The van der Waals surface area contributed by atoms with Gasteiger partial charge in [-0.15, -0.1) is 0 Å². The molecule has 1 aliphatic rings. The van der Waals surface area contributed by atoms with Crippen molar-refractivity contribution in [3.63, 3.8) is 0 Å². The van der Waals surface area contributed by atoms with Gasteiger partial charge in [-0.1, -0.05) is 13.8 Å². The molecule has 3 heteroatoms.